The van der Waals surface area contributed by atoms with Gasteiger partial charge in [-0.2, -0.15) is 0 Å². The Balaban J connectivity index is 2.52. The molecule has 1 aromatic carbocycles. The average Bonchev–Trinajstić information content (AvgIpc) is 2.29. The van der Waals surface area contributed by atoms with E-state index in [0.717, 1.165) is 16.5 Å². The number of carbonyl (C=O) groups excluding carboxylic acids is 1. The van der Waals surface area contributed by atoms with Crippen molar-refractivity contribution in [1.82, 2.24) is 4.98 Å². The Morgan fingerprint density at radius 3 is 2.94 bits per heavy atom. The monoisotopic (exact) mass is 215 g/mol. The van der Waals surface area contributed by atoms with Crippen molar-refractivity contribution in [2.45, 2.75) is 20.3 Å². The zero-order valence-corrected chi connectivity index (χ0v) is 9.36. The molecule has 0 N–H and O–H groups in total. The molecular formula is C13H13NO2. The number of ether oxygens (including phenoxy) is 1. The summed E-state index contributed by atoms with van der Waals surface area (Å²) in [5.41, 5.74) is 1.96. The van der Waals surface area contributed by atoms with E-state index in [1.54, 1.807) is 19.2 Å². The number of nitrogens with zero attached hydrogens (tertiary/aromatic N) is 1. The maximum atomic E-state index is 11.3. The predicted molar refractivity (Wildman–Crippen MR) is 62.4 cm³/mol. The summed E-state index contributed by atoms with van der Waals surface area (Å²) >= 11 is 0. The Morgan fingerprint density at radius 2 is 2.19 bits per heavy atom. The predicted octanol–water partition coefficient (Wildman–Crippen LogP) is 2.86. The lowest BCUT2D eigenvalue weighted by Gasteiger charge is -2.06. The van der Waals surface area contributed by atoms with E-state index in [0.29, 0.717) is 12.2 Å². The van der Waals surface area contributed by atoms with Gasteiger partial charge in [0.2, 0.25) is 0 Å². The first-order valence-corrected chi connectivity index (χ1v) is 5.26. The van der Waals surface area contributed by atoms with Gasteiger partial charge in [-0.1, -0.05) is 18.6 Å². The second-order valence-electron chi connectivity index (χ2n) is 3.66. The topological polar surface area (TPSA) is 39.2 Å². The Morgan fingerprint density at radius 1 is 1.38 bits per heavy atom. The molecule has 1 heterocycles. The summed E-state index contributed by atoms with van der Waals surface area (Å²) < 4.78 is 5.25. The number of pyridine rings is 1. The van der Waals surface area contributed by atoms with Crippen LogP contribution in [0.1, 0.15) is 18.9 Å². The van der Waals surface area contributed by atoms with Gasteiger partial charge in [-0.25, -0.2) is 0 Å². The first-order chi connectivity index (χ1) is 7.70. The number of benzene rings is 1. The highest BCUT2D eigenvalue weighted by atomic mass is 16.5. The molecule has 0 amide bonds. The molecule has 2 rings (SSSR count). The number of hydrogen-bond acceptors (Lipinski definition) is 3. The van der Waals surface area contributed by atoms with Crippen LogP contribution in [0.2, 0.25) is 0 Å². The van der Waals surface area contributed by atoms with E-state index in [4.69, 9.17) is 4.74 Å². The molecule has 3 heteroatoms. The minimum Gasteiger partial charge on any atom is -0.426 e. The Labute approximate surface area is 94.1 Å². The van der Waals surface area contributed by atoms with Crippen LogP contribution in [-0.2, 0) is 4.79 Å². The van der Waals surface area contributed by atoms with Gasteiger partial charge in [0.05, 0.1) is 5.52 Å². The molecule has 3 nitrogen and oxygen atoms in total. The van der Waals surface area contributed by atoms with Crippen LogP contribution < -0.4 is 4.74 Å². The van der Waals surface area contributed by atoms with E-state index >= 15 is 0 Å². The molecular weight excluding hydrogens is 202 g/mol. The van der Waals surface area contributed by atoms with Crippen molar-refractivity contribution in [2.24, 2.45) is 0 Å². The van der Waals surface area contributed by atoms with Crippen LogP contribution >= 0.6 is 0 Å². The summed E-state index contributed by atoms with van der Waals surface area (Å²) in [6, 6.07) is 7.60. The maximum Gasteiger partial charge on any atom is 0.310 e. The van der Waals surface area contributed by atoms with Crippen molar-refractivity contribution in [1.29, 1.82) is 0 Å². The summed E-state index contributed by atoms with van der Waals surface area (Å²) in [5.74, 6) is 0.356. The molecule has 2 aromatic rings. The van der Waals surface area contributed by atoms with Gasteiger partial charge in [0.15, 0.2) is 0 Å². The lowest BCUT2D eigenvalue weighted by molar-refractivity contribution is -0.133. The molecule has 0 aliphatic carbocycles. The maximum absolute atomic E-state index is 11.3. The highest BCUT2D eigenvalue weighted by molar-refractivity contribution is 5.88. The van der Waals surface area contributed by atoms with Crippen LogP contribution in [0.15, 0.2) is 30.5 Å². The fourth-order valence-electron chi connectivity index (χ4n) is 1.52. The van der Waals surface area contributed by atoms with Crippen LogP contribution in [0.3, 0.4) is 0 Å². The van der Waals surface area contributed by atoms with Crippen LogP contribution in [0.25, 0.3) is 10.9 Å². The average molecular weight is 215 g/mol. The molecule has 82 valence electrons. The summed E-state index contributed by atoms with van der Waals surface area (Å²) in [5, 5.41) is 0.879. The molecule has 0 unspecified atom stereocenters. The second kappa shape index (κ2) is 4.31. The standard InChI is InChI=1S/C13H13NO2/c1-3-13(15)16-12-6-7-14-11-5-4-9(2)8-10(11)12/h4-8H,3H2,1-2H3. The fraction of sp³-hybridized carbons (Fsp3) is 0.231. The first kappa shape index (κ1) is 10.6. The number of aryl methyl sites for hydroxylation is 1. The van der Waals surface area contributed by atoms with E-state index < -0.39 is 0 Å². The summed E-state index contributed by atoms with van der Waals surface area (Å²) in [6.45, 7) is 3.77. The third-order valence-electron chi connectivity index (χ3n) is 2.37. The van der Waals surface area contributed by atoms with Crippen molar-refractivity contribution in [3.63, 3.8) is 0 Å². The number of hydrogen-bond donors (Lipinski definition) is 0. The smallest absolute Gasteiger partial charge is 0.310 e. The van der Waals surface area contributed by atoms with Crippen LogP contribution in [0.4, 0.5) is 0 Å². The number of aromatic nitrogens is 1. The second-order valence-corrected chi connectivity index (χ2v) is 3.66. The van der Waals surface area contributed by atoms with E-state index in [-0.39, 0.29) is 5.97 Å². The normalized spacial score (nSPS) is 10.4. The van der Waals surface area contributed by atoms with Crippen LogP contribution in [-0.4, -0.2) is 11.0 Å². The molecule has 0 fully saturated rings. The molecule has 1 aromatic heterocycles. The van der Waals surface area contributed by atoms with Crippen LogP contribution in [0, 0.1) is 6.92 Å². The lowest BCUT2D eigenvalue weighted by Crippen LogP contribution is -2.06. The third-order valence-corrected chi connectivity index (χ3v) is 2.37. The van der Waals surface area contributed by atoms with Gasteiger partial charge in [-0.3, -0.25) is 9.78 Å². The number of rotatable bonds is 2. The van der Waals surface area contributed by atoms with E-state index in [9.17, 15) is 4.79 Å². The van der Waals surface area contributed by atoms with Gasteiger partial charge < -0.3 is 4.74 Å². The van der Waals surface area contributed by atoms with E-state index in [1.807, 2.05) is 25.1 Å². The Hall–Kier alpha value is -1.90. The Bertz CT molecular complexity index is 534. The van der Waals surface area contributed by atoms with Gasteiger partial charge in [-0.05, 0) is 25.1 Å². The summed E-state index contributed by atoms with van der Waals surface area (Å²) in [4.78, 5) is 15.5. The first-order valence-electron chi connectivity index (χ1n) is 5.26. The third kappa shape index (κ3) is 2.03. The molecule has 0 spiro atoms. The number of esters is 1. The molecule has 0 saturated heterocycles. The quantitative estimate of drug-likeness (QED) is 0.723. The van der Waals surface area contributed by atoms with Gasteiger partial charge in [0.25, 0.3) is 0 Å². The fourth-order valence-corrected chi connectivity index (χ4v) is 1.52. The molecule has 0 atom stereocenters. The molecule has 0 aliphatic heterocycles. The van der Waals surface area contributed by atoms with Gasteiger partial charge in [-0.15, -0.1) is 0 Å². The summed E-state index contributed by atoms with van der Waals surface area (Å²) in [7, 11) is 0. The molecule has 0 radical (unpaired) electrons. The minimum atomic E-state index is -0.228. The molecule has 0 saturated carbocycles. The molecule has 0 bridgehead atoms. The van der Waals surface area contributed by atoms with E-state index in [2.05, 4.69) is 4.98 Å². The number of fused-ring (bicyclic) bond motifs is 1. The van der Waals surface area contributed by atoms with Crippen molar-refractivity contribution >= 4 is 16.9 Å². The molecule has 16 heavy (non-hydrogen) atoms. The van der Waals surface area contributed by atoms with Crippen molar-refractivity contribution in [3.05, 3.63) is 36.0 Å². The zero-order valence-electron chi connectivity index (χ0n) is 9.36. The van der Waals surface area contributed by atoms with Gasteiger partial charge in [0.1, 0.15) is 5.75 Å². The van der Waals surface area contributed by atoms with Gasteiger partial charge >= 0.3 is 5.97 Å². The molecule has 0 aliphatic rings. The van der Waals surface area contributed by atoms with E-state index in [1.165, 1.54) is 0 Å². The summed E-state index contributed by atoms with van der Waals surface area (Å²) in [6.07, 6.45) is 2.02. The Kier molecular flexibility index (Phi) is 2.86. The zero-order chi connectivity index (χ0) is 11.5. The minimum absolute atomic E-state index is 0.228. The van der Waals surface area contributed by atoms with Crippen molar-refractivity contribution in [3.8, 4) is 5.75 Å². The SMILES string of the molecule is CCC(=O)Oc1ccnc2ccc(C)cc12. The highest BCUT2D eigenvalue weighted by Crippen LogP contribution is 2.24. The largest absolute Gasteiger partial charge is 0.426 e. The lowest BCUT2D eigenvalue weighted by atomic mass is 10.1. The van der Waals surface area contributed by atoms with Crippen molar-refractivity contribution in [2.75, 3.05) is 0 Å². The van der Waals surface area contributed by atoms with Crippen molar-refractivity contribution < 1.29 is 9.53 Å². The highest BCUT2D eigenvalue weighted by Gasteiger charge is 2.06. The van der Waals surface area contributed by atoms with Crippen LogP contribution in [0.5, 0.6) is 5.75 Å². The number of carbonyl (C=O) groups is 1. The van der Waals surface area contributed by atoms with Gasteiger partial charge in [0, 0.05) is 18.0 Å².